The molecule has 162 valence electrons. The molecule has 3 heterocycles. The number of ether oxygens (including phenoxy) is 1. The van der Waals surface area contributed by atoms with Crippen molar-refractivity contribution in [2.24, 2.45) is 7.05 Å². The highest BCUT2D eigenvalue weighted by molar-refractivity contribution is 5.78. The van der Waals surface area contributed by atoms with E-state index in [9.17, 15) is 9.18 Å². The smallest absolute Gasteiger partial charge is 0.279 e. The van der Waals surface area contributed by atoms with Gasteiger partial charge >= 0.3 is 0 Å². The van der Waals surface area contributed by atoms with Crippen molar-refractivity contribution in [2.75, 3.05) is 13.2 Å². The zero-order valence-electron chi connectivity index (χ0n) is 17.4. The number of aryl methyl sites for hydroxylation is 1. The van der Waals surface area contributed by atoms with Crippen molar-refractivity contribution in [1.82, 2.24) is 24.8 Å². The summed E-state index contributed by atoms with van der Waals surface area (Å²) in [5, 5.41) is 8.66. The lowest BCUT2D eigenvalue weighted by Crippen LogP contribution is -2.39. The van der Waals surface area contributed by atoms with E-state index in [4.69, 9.17) is 9.26 Å². The van der Waals surface area contributed by atoms with Crippen molar-refractivity contribution in [3.8, 4) is 28.7 Å². The number of carbonyl (C=O) groups is 1. The first-order valence-corrected chi connectivity index (χ1v) is 10.2. The molecule has 5 rings (SSSR count). The summed E-state index contributed by atoms with van der Waals surface area (Å²) in [6, 6.07) is 15.1. The van der Waals surface area contributed by atoms with Crippen LogP contribution in [0.1, 0.15) is 11.3 Å². The molecule has 0 saturated heterocycles. The minimum absolute atomic E-state index is 0.130. The van der Waals surface area contributed by atoms with Gasteiger partial charge in [-0.2, -0.15) is 10.1 Å². The van der Waals surface area contributed by atoms with E-state index in [0.717, 1.165) is 16.8 Å². The molecular weight excluding hydrogens is 413 g/mol. The van der Waals surface area contributed by atoms with Crippen LogP contribution in [-0.4, -0.2) is 43.9 Å². The van der Waals surface area contributed by atoms with Crippen LogP contribution < -0.4 is 4.74 Å². The maximum absolute atomic E-state index is 13.0. The van der Waals surface area contributed by atoms with Crippen molar-refractivity contribution < 1.29 is 18.4 Å². The maximum atomic E-state index is 13.0. The lowest BCUT2D eigenvalue weighted by molar-refractivity contribution is -0.134. The van der Waals surface area contributed by atoms with Crippen LogP contribution in [-0.2, 0) is 24.8 Å². The first-order valence-electron chi connectivity index (χ1n) is 10.2. The molecule has 1 aliphatic heterocycles. The van der Waals surface area contributed by atoms with Crippen molar-refractivity contribution in [1.29, 1.82) is 0 Å². The van der Waals surface area contributed by atoms with Gasteiger partial charge in [0.25, 0.3) is 11.8 Å². The predicted octanol–water partition coefficient (Wildman–Crippen LogP) is 3.24. The number of rotatable bonds is 5. The van der Waals surface area contributed by atoms with Crippen LogP contribution in [0.4, 0.5) is 4.39 Å². The minimum atomic E-state index is -0.354. The fourth-order valence-electron chi connectivity index (χ4n) is 3.77. The van der Waals surface area contributed by atoms with Crippen LogP contribution >= 0.6 is 0 Å². The summed E-state index contributed by atoms with van der Waals surface area (Å²) in [7, 11) is 1.87. The molecule has 1 aliphatic rings. The number of hydrogen-bond acceptors (Lipinski definition) is 6. The molecule has 0 N–H and O–H groups in total. The standard InChI is InChI=1S/C23H20FN5O3/c1-28-19-11-12-29(20(30)14-31-17-9-7-16(24)8-10-17)13-18(19)21(26-28)23-25-22(27-32-23)15-5-3-2-4-6-15/h2-10H,11-14H2,1H3. The summed E-state index contributed by atoms with van der Waals surface area (Å²) in [6.07, 6.45) is 0.654. The predicted molar refractivity (Wildman–Crippen MR) is 113 cm³/mol. The molecule has 4 aromatic rings. The molecule has 0 spiro atoms. The van der Waals surface area contributed by atoms with Crippen LogP contribution in [0, 0.1) is 5.82 Å². The highest BCUT2D eigenvalue weighted by Crippen LogP contribution is 2.30. The molecule has 0 atom stereocenters. The lowest BCUT2D eigenvalue weighted by Gasteiger charge is -2.27. The van der Waals surface area contributed by atoms with Gasteiger partial charge < -0.3 is 14.2 Å². The van der Waals surface area contributed by atoms with Crippen LogP contribution in [0.25, 0.3) is 23.0 Å². The van der Waals surface area contributed by atoms with E-state index in [1.54, 1.807) is 9.58 Å². The first kappa shape index (κ1) is 19.9. The Hall–Kier alpha value is -4.01. The molecule has 0 aliphatic carbocycles. The highest BCUT2D eigenvalue weighted by atomic mass is 19.1. The van der Waals surface area contributed by atoms with Gasteiger partial charge in [-0.15, -0.1) is 0 Å². The Morgan fingerprint density at radius 1 is 1.16 bits per heavy atom. The number of hydrogen-bond donors (Lipinski definition) is 0. The Morgan fingerprint density at radius 3 is 2.72 bits per heavy atom. The summed E-state index contributed by atoms with van der Waals surface area (Å²) >= 11 is 0. The Kier molecular flexibility index (Phi) is 5.14. The monoisotopic (exact) mass is 433 g/mol. The molecule has 9 heteroatoms. The van der Waals surface area contributed by atoms with Crippen molar-refractivity contribution in [3.05, 3.63) is 71.7 Å². The van der Waals surface area contributed by atoms with Gasteiger partial charge in [0.05, 0.1) is 0 Å². The Bertz CT molecular complexity index is 1250. The van der Waals surface area contributed by atoms with Gasteiger partial charge in [0.2, 0.25) is 5.82 Å². The molecule has 1 amide bonds. The highest BCUT2D eigenvalue weighted by Gasteiger charge is 2.29. The second-order valence-corrected chi connectivity index (χ2v) is 7.49. The summed E-state index contributed by atoms with van der Waals surface area (Å²) in [5.74, 6) is 0.728. The number of carbonyl (C=O) groups excluding carboxylic acids is 1. The van der Waals surface area contributed by atoms with Gasteiger partial charge in [-0.1, -0.05) is 35.5 Å². The molecule has 2 aromatic carbocycles. The SMILES string of the molecule is Cn1nc(-c2nc(-c3ccccc3)no2)c2c1CCN(C(=O)COc1ccc(F)cc1)C2. The van der Waals surface area contributed by atoms with E-state index in [1.807, 2.05) is 37.4 Å². The Labute approximate surface area is 183 Å². The molecule has 0 bridgehead atoms. The first-order chi connectivity index (χ1) is 15.6. The summed E-state index contributed by atoms with van der Waals surface area (Å²) in [4.78, 5) is 19.0. The topological polar surface area (TPSA) is 86.3 Å². The summed E-state index contributed by atoms with van der Waals surface area (Å²) in [6.45, 7) is 0.791. The fraction of sp³-hybridized carbons (Fsp3) is 0.217. The van der Waals surface area contributed by atoms with Gasteiger partial charge in [-0.25, -0.2) is 4.39 Å². The van der Waals surface area contributed by atoms with E-state index in [0.29, 0.717) is 42.7 Å². The third kappa shape index (κ3) is 3.84. The summed E-state index contributed by atoms with van der Waals surface area (Å²) < 4.78 is 25.9. The van der Waals surface area contributed by atoms with Crippen LogP contribution in [0.5, 0.6) is 5.75 Å². The maximum Gasteiger partial charge on any atom is 0.279 e. The zero-order valence-corrected chi connectivity index (χ0v) is 17.4. The van der Waals surface area contributed by atoms with E-state index in [-0.39, 0.29) is 18.3 Å². The average Bonchev–Trinajstić information content (AvgIpc) is 3.44. The molecular formula is C23H20FN5O3. The number of amides is 1. The molecule has 0 radical (unpaired) electrons. The molecule has 0 saturated carbocycles. The third-order valence-electron chi connectivity index (χ3n) is 5.43. The van der Waals surface area contributed by atoms with E-state index < -0.39 is 0 Å². The van der Waals surface area contributed by atoms with Gasteiger partial charge in [-0.3, -0.25) is 9.48 Å². The zero-order chi connectivity index (χ0) is 22.1. The summed E-state index contributed by atoms with van der Waals surface area (Å²) in [5.41, 5.74) is 3.34. The number of aromatic nitrogens is 4. The average molecular weight is 433 g/mol. The van der Waals surface area contributed by atoms with Crippen LogP contribution in [0.3, 0.4) is 0 Å². The molecule has 0 fully saturated rings. The van der Waals surface area contributed by atoms with Gasteiger partial charge in [0.15, 0.2) is 12.3 Å². The minimum Gasteiger partial charge on any atom is -0.484 e. The van der Waals surface area contributed by atoms with Crippen molar-refractivity contribution in [2.45, 2.75) is 13.0 Å². The molecule has 0 unspecified atom stereocenters. The number of benzene rings is 2. The van der Waals surface area contributed by atoms with Crippen molar-refractivity contribution >= 4 is 5.91 Å². The van der Waals surface area contributed by atoms with Crippen LogP contribution in [0.2, 0.25) is 0 Å². The van der Waals surface area contributed by atoms with E-state index in [2.05, 4.69) is 15.2 Å². The van der Waals surface area contributed by atoms with Crippen molar-refractivity contribution in [3.63, 3.8) is 0 Å². The number of fused-ring (bicyclic) bond motifs is 1. The second kappa shape index (κ2) is 8.26. The van der Waals surface area contributed by atoms with Crippen LogP contribution in [0.15, 0.2) is 59.1 Å². The number of nitrogens with zero attached hydrogens (tertiary/aromatic N) is 5. The Morgan fingerprint density at radius 2 is 1.94 bits per heavy atom. The number of halogens is 1. The largest absolute Gasteiger partial charge is 0.484 e. The third-order valence-corrected chi connectivity index (χ3v) is 5.43. The van der Waals surface area contributed by atoms with Gasteiger partial charge in [0.1, 0.15) is 11.6 Å². The Balaban J connectivity index is 1.34. The quantitative estimate of drug-likeness (QED) is 0.480. The van der Waals surface area contributed by atoms with Gasteiger partial charge in [0, 0.05) is 43.4 Å². The van der Waals surface area contributed by atoms with E-state index in [1.165, 1.54) is 24.3 Å². The second-order valence-electron chi connectivity index (χ2n) is 7.49. The fourth-order valence-corrected chi connectivity index (χ4v) is 3.77. The molecule has 8 nitrogen and oxygen atoms in total. The molecule has 32 heavy (non-hydrogen) atoms. The normalized spacial score (nSPS) is 13.1. The lowest BCUT2D eigenvalue weighted by atomic mass is 10.0. The van der Waals surface area contributed by atoms with Gasteiger partial charge in [-0.05, 0) is 24.3 Å². The van der Waals surface area contributed by atoms with E-state index >= 15 is 0 Å². The molecule has 2 aromatic heterocycles.